The summed E-state index contributed by atoms with van der Waals surface area (Å²) in [5.41, 5.74) is 1.89. The summed E-state index contributed by atoms with van der Waals surface area (Å²) in [5.74, 6) is -0.753. The Morgan fingerprint density at radius 1 is 0.610 bits per heavy atom. The van der Waals surface area contributed by atoms with Crippen LogP contribution >= 0.6 is 0 Å². The van der Waals surface area contributed by atoms with E-state index in [0.29, 0.717) is 0 Å². The Morgan fingerprint density at radius 2 is 1.02 bits per heavy atom. The predicted octanol–water partition coefficient (Wildman–Crippen LogP) is 2.86. The molecule has 0 spiro atoms. The van der Waals surface area contributed by atoms with Crippen molar-refractivity contribution in [1.29, 1.82) is 0 Å². The molecule has 3 aliphatic heterocycles. The van der Waals surface area contributed by atoms with Crippen molar-refractivity contribution in [3.63, 3.8) is 0 Å². The monoisotopic (exact) mass is 602 g/mol. The van der Waals surface area contributed by atoms with E-state index in [1.54, 1.807) is 56.3 Å². The summed E-state index contributed by atoms with van der Waals surface area (Å²) in [6.07, 6.45) is -7.78. The predicted molar refractivity (Wildman–Crippen MR) is 141 cm³/mol. The van der Waals surface area contributed by atoms with E-state index in [2.05, 4.69) is 0 Å². The second-order valence-electron chi connectivity index (χ2n) is 9.98. The Bertz CT molecular complexity index is 1540. The first-order valence-electron chi connectivity index (χ1n) is 12.7. The fraction of sp³-hybridized carbons (Fsp3) is 0.321. The normalized spacial score (nSPS) is 28.9. The van der Waals surface area contributed by atoms with Crippen LogP contribution in [0.3, 0.4) is 0 Å². The van der Waals surface area contributed by atoms with Crippen molar-refractivity contribution in [1.82, 2.24) is 0 Å². The van der Waals surface area contributed by atoms with Gasteiger partial charge in [0.25, 0.3) is 26.7 Å². The summed E-state index contributed by atoms with van der Waals surface area (Å²) in [7, 11) is -8.79. The fourth-order valence-electron chi connectivity index (χ4n) is 5.00. The van der Waals surface area contributed by atoms with Crippen molar-refractivity contribution < 1.29 is 48.9 Å². The second-order valence-corrected chi connectivity index (χ2v) is 13.1. The van der Waals surface area contributed by atoms with E-state index in [9.17, 15) is 21.6 Å². The molecule has 4 unspecified atom stereocenters. The third-order valence-corrected chi connectivity index (χ3v) is 9.75. The Balaban J connectivity index is 1.36. The summed E-state index contributed by atoms with van der Waals surface area (Å²) in [4.78, 5) is 12.8. The molecule has 0 N–H and O–H groups in total. The molecule has 1 saturated carbocycles. The van der Waals surface area contributed by atoms with E-state index in [4.69, 9.17) is 27.3 Å². The van der Waals surface area contributed by atoms with Crippen LogP contribution in [0.1, 0.15) is 21.5 Å². The van der Waals surface area contributed by atoms with Crippen LogP contribution in [0.5, 0.6) is 0 Å². The molecule has 4 atom stereocenters. The minimum atomic E-state index is -4.40. The van der Waals surface area contributed by atoms with Gasteiger partial charge < -0.3 is 18.9 Å². The van der Waals surface area contributed by atoms with Crippen molar-refractivity contribution in [3.8, 4) is 0 Å². The Kier molecular flexibility index (Phi) is 7.22. The number of esters is 1. The van der Waals surface area contributed by atoms with Crippen LogP contribution in [0.4, 0.5) is 0 Å². The standard InChI is InChI=1S/C28H26O11S2/c1-16-8-12-19(13-9-16)40(30,31)38-25-22-21(34-27(29)18-6-4-3-5-7-18)23-26(24(25)37-28(35-22)36-23)39-41(32,33)20-14-10-17(2)11-15-20/h3-15,21-26,28H,1-2H3. The molecule has 3 aromatic carbocycles. The summed E-state index contributed by atoms with van der Waals surface area (Å²) < 4.78 is 87.4. The molecule has 4 bridgehead atoms. The van der Waals surface area contributed by atoms with Crippen LogP contribution < -0.4 is 0 Å². The van der Waals surface area contributed by atoms with Crippen LogP contribution in [0, 0.1) is 13.8 Å². The third kappa shape index (κ3) is 5.42. The Hall–Kier alpha value is -3.17. The van der Waals surface area contributed by atoms with Crippen LogP contribution in [0.2, 0.25) is 0 Å². The van der Waals surface area contributed by atoms with Crippen LogP contribution in [-0.2, 0) is 47.5 Å². The average Bonchev–Trinajstić information content (AvgIpc) is 2.94. The highest BCUT2D eigenvalue weighted by molar-refractivity contribution is 7.87. The molecule has 11 nitrogen and oxygen atoms in total. The van der Waals surface area contributed by atoms with Gasteiger partial charge in [-0.1, -0.05) is 53.6 Å². The van der Waals surface area contributed by atoms with Gasteiger partial charge in [-0.25, -0.2) is 4.79 Å². The summed E-state index contributed by atoms with van der Waals surface area (Å²) >= 11 is 0. The minimum Gasteiger partial charge on any atom is -0.453 e. The summed E-state index contributed by atoms with van der Waals surface area (Å²) in [6, 6.07) is 20.1. The molecule has 41 heavy (non-hydrogen) atoms. The maximum Gasteiger partial charge on any atom is 0.338 e. The van der Waals surface area contributed by atoms with Gasteiger partial charge in [0, 0.05) is 0 Å². The molecule has 3 aromatic rings. The maximum absolute atomic E-state index is 13.3. The van der Waals surface area contributed by atoms with E-state index in [-0.39, 0.29) is 15.4 Å². The van der Waals surface area contributed by atoms with E-state index in [1.807, 2.05) is 0 Å². The molecule has 4 aliphatic rings. The van der Waals surface area contributed by atoms with Gasteiger partial charge in [-0.15, -0.1) is 0 Å². The molecule has 4 fully saturated rings. The Labute approximate surface area is 237 Å². The molecule has 3 saturated heterocycles. The van der Waals surface area contributed by atoms with E-state index in [0.717, 1.165) is 11.1 Å². The highest BCUT2D eigenvalue weighted by atomic mass is 32.2. The summed E-state index contributed by atoms with van der Waals surface area (Å²) in [5, 5.41) is 0. The maximum atomic E-state index is 13.3. The first-order valence-corrected chi connectivity index (χ1v) is 15.6. The second kappa shape index (κ2) is 10.6. The zero-order valence-electron chi connectivity index (χ0n) is 21.9. The van der Waals surface area contributed by atoms with Crippen LogP contribution in [0.25, 0.3) is 0 Å². The quantitative estimate of drug-likeness (QED) is 0.278. The van der Waals surface area contributed by atoms with Gasteiger partial charge in [-0.05, 0) is 50.2 Å². The molecule has 0 aromatic heterocycles. The van der Waals surface area contributed by atoms with E-state index in [1.165, 1.54) is 36.4 Å². The molecule has 3 heterocycles. The third-order valence-electron chi connectivity index (χ3n) is 7.10. The van der Waals surface area contributed by atoms with Crippen molar-refractivity contribution in [3.05, 3.63) is 95.6 Å². The molecule has 216 valence electrons. The lowest BCUT2D eigenvalue weighted by Crippen LogP contribution is -2.76. The van der Waals surface area contributed by atoms with Gasteiger partial charge in [-0.2, -0.15) is 16.8 Å². The topological polar surface area (TPSA) is 141 Å². The number of carbonyl (C=O) groups is 1. The number of aryl methyl sites for hydroxylation is 2. The molecule has 0 radical (unpaired) electrons. The highest BCUT2D eigenvalue weighted by Gasteiger charge is 2.66. The van der Waals surface area contributed by atoms with Crippen molar-refractivity contribution in [2.24, 2.45) is 0 Å². The lowest BCUT2D eigenvalue weighted by molar-refractivity contribution is -0.475. The smallest absolute Gasteiger partial charge is 0.338 e. The first kappa shape index (κ1) is 28.0. The Morgan fingerprint density at radius 3 is 1.46 bits per heavy atom. The van der Waals surface area contributed by atoms with Gasteiger partial charge in [0.2, 0.25) is 0 Å². The van der Waals surface area contributed by atoms with Gasteiger partial charge in [-0.3, -0.25) is 8.37 Å². The molecule has 0 amide bonds. The summed E-state index contributed by atoms with van der Waals surface area (Å²) in [6.45, 7) is 2.34. The first-order chi connectivity index (χ1) is 19.5. The van der Waals surface area contributed by atoms with Gasteiger partial charge in [0.15, 0.2) is 6.10 Å². The van der Waals surface area contributed by atoms with Crippen LogP contribution in [-0.4, -0.2) is 65.9 Å². The SMILES string of the molecule is Cc1ccc(S(=O)(=O)OC2C3OC4OC(C3OC(=O)c3ccccc3)C(OS(=O)(=O)c3ccc(C)cc3)C2O4)cc1. The molecular formula is C28H26O11S2. The number of rotatable bonds is 8. The van der Waals surface area contributed by atoms with E-state index >= 15 is 0 Å². The molecule has 13 heteroatoms. The number of ether oxygens (including phenoxy) is 4. The highest BCUT2D eigenvalue weighted by Crippen LogP contribution is 2.45. The fourth-order valence-corrected chi connectivity index (χ4v) is 7.18. The van der Waals surface area contributed by atoms with Crippen molar-refractivity contribution in [2.45, 2.75) is 66.7 Å². The minimum absolute atomic E-state index is 0.129. The van der Waals surface area contributed by atoms with Crippen molar-refractivity contribution in [2.75, 3.05) is 0 Å². The molecule has 7 rings (SSSR count). The van der Waals surface area contributed by atoms with Crippen molar-refractivity contribution >= 4 is 26.2 Å². The van der Waals surface area contributed by atoms with Crippen LogP contribution in [0.15, 0.2) is 88.7 Å². The molecular weight excluding hydrogens is 576 g/mol. The average molecular weight is 603 g/mol. The molecule has 1 aliphatic carbocycles. The van der Waals surface area contributed by atoms with Gasteiger partial charge in [0.05, 0.1) is 15.4 Å². The van der Waals surface area contributed by atoms with Gasteiger partial charge >= 0.3 is 5.97 Å². The number of hydrogen-bond donors (Lipinski definition) is 0. The number of benzene rings is 3. The van der Waals surface area contributed by atoms with E-state index < -0.39 is 69.3 Å². The number of hydrogen-bond acceptors (Lipinski definition) is 11. The largest absolute Gasteiger partial charge is 0.453 e. The van der Waals surface area contributed by atoms with Gasteiger partial charge in [0.1, 0.15) is 30.5 Å². The number of carbonyl (C=O) groups excluding carboxylic acids is 1. The lowest BCUT2D eigenvalue weighted by Gasteiger charge is -2.57. The zero-order valence-corrected chi connectivity index (χ0v) is 23.5. The zero-order chi connectivity index (χ0) is 28.9. The lowest BCUT2D eigenvalue weighted by atomic mass is 9.82.